The number of nitrogens with zero attached hydrogens (tertiary/aromatic N) is 4. The fourth-order valence-electron chi connectivity index (χ4n) is 1.40. The van der Waals surface area contributed by atoms with Gasteiger partial charge in [0, 0.05) is 24.7 Å². The van der Waals surface area contributed by atoms with E-state index in [1.807, 2.05) is 0 Å². The molecule has 0 aliphatic carbocycles. The van der Waals surface area contributed by atoms with Gasteiger partial charge in [-0.05, 0) is 13.8 Å². The highest BCUT2D eigenvalue weighted by Crippen LogP contribution is 2.16. The number of amides is 1. The maximum absolute atomic E-state index is 11.9. The molecule has 0 aliphatic heterocycles. The summed E-state index contributed by atoms with van der Waals surface area (Å²) in [5.74, 6) is -1.17. The van der Waals surface area contributed by atoms with Crippen molar-refractivity contribution in [3.05, 3.63) is 36.5 Å². The van der Waals surface area contributed by atoms with Gasteiger partial charge in [-0.2, -0.15) is 5.10 Å². The zero-order valence-electron chi connectivity index (χ0n) is 10.9. The number of aliphatic carboxylic acids is 1. The van der Waals surface area contributed by atoms with Crippen molar-refractivity contribution in [1.82, 2.24) is 19.7 Å². The first-order valence-electron chi connectivity index (χ1n) is 5.77. The highest BCUT2D eigenvalue weighted by Gasteiger charge is 2.30. The minimum absolute atomic E-state index is 0.258. The van der Waals surface area contributed by atoms with Crippen LogP contribution >= 0.6 is 0 Å². The minimum Gasteiger partial charge on any atom is -0.479 e. The van der Waals surface area contributed by atoms with Crippen LogP contribution in [0.5, 0.6) is 0 Å². The number of nitrogens with one attached hydrogen (secondary N) is 1. The lowest BCUT2D eigenvalue weighted by molar-refractivity contribution is -0.146. The first-order valence-corrected chi connectivity index (χ1v) is 5.77. The number of rotatable bonds is 4. The maximum Gasteiger partial charge on any atom is 0.331 e. The summed E-state index contributed by atoms with van der Waals surface area (Å²) >= 11 is 0. The molecule has 2 N–H and O–H groups in total. The highest BCUT2D eigenvalue weighted by atomic mass is 16.4. The van der Waals surface area contributed by atoms with E-state index < -0.39 is 17.4 Å². The van der Waals surface area contributed by atoms with Crippen molar-refractivity contribution in [3.63, 3.8) is 0 Å². The van der Waals surface area contributed by atoms with Gasteiger partial charge in [0.2, 0.25) is 0 Å². The fourth-order valence-corrected chi connectivity index (χ4v) is 1.40. The van der Waals surface area contributed by atoms with Crippen LogP contribution in [0.2, 0.25) is 0 Å². The zero-order chi connectivity index (χ0) is 14.8. The standard InChI is InChI=1S/C12H13N5O3/c1-12(2,11(19)20)17-4-3-9(16-17)15-10(18)8-5-13-7-14-6-8/h3-7H,1-2H3,(H,19,20)(H,15,16,18). The first kappa shape index (κ1) is 13.7. The molecule has 0 aromatic carbocycles. The molecule has 8 nitrogen and oxygen atoms in total. The number of carboxylic acids is 1. The molecule has 0 atom stereocenters. The fraction of sp³-hybridized carbons (Fsp3) is 0.250. The third-order valence-electron chi connectivity index (χ3n) is 2.75. The lowest BCUT2D eigenvalue weighted by atomic mass is 10.1. The van der Waals surface area contributed by atoms with Crippen molar-refractivity contribution in [3.8, 4) is 0 Å². The SMILES string of the molecule is CC(C)(C(=O)O)n1ccc(NC(=O)c2cncnc2)n1. The largest absolute Gasteiger partial charge is 0.479 e. The third-order valence-corrected chi connectivity index (χ3v) is 2.75. The number of aromatic nitrogens is 4. The molecule has 2 rings (SSSR count). The van der Waals surface area contributed by atoms with E-state index in [2.05, 4.69) is 20.4 Å². The van der Waals surface area contributed by atoms with Crippen LogP contribution in [0, 0.1) is 0 Å². The summed E-state index contributed by atoms with van der Waals surface area (Å²) < 4.78 is 1.27. The van der Waals surface area contributed by atoms with Crippen LogP contribution < -0.4 is 5.32 Å². The number of hydrogen-bond donors (Lipinski definition) is 2. The van der Waals surface area contributed by atoms with Crippen LogP contribution in [-0.4, -0.2) is 36.7 Å². The Morgan fingerprint density at radius 1 is 1.30 bits per heavy atom. The van der Waals surface area contributed by atoms with Gasteiger partial charge in [0.25, 0.3) is 5.91 Å². The van der Waals surface area contributed by atoms with E-state index in [9.17, 15) is 9.59 Å². The summed E-state index contributed by atoms with van der Waals surface area (Å²) in [6.07, 6.45) is 5.56. The number of hydrogen-bond acceptors (Lipinski definition) is 5. The molecule has 0 spiro atoms. The quantitative estimate of drug-likeness (QED) is 0.851. The van der Waals surface area contributed by atoms with Gasteiger partial charge in [0.1, 0.15) is 6.33 Å². The monoisotopic (exact) mass is 275 g/mol. The highest BCUT2D eigenvalue weighted by molar-refractivity contribution is 6.03. The van der Waals surface area contributed by atoms with Crippen LogP contribution in [0.1, 0.15) is 24.2 Å². The van der Waals surface area contributed by atoms with Gasteiger partial charge in [-0.25, -0.2) is 14.8 Å². The summed E-state index contributed by atoms with van der Waals surface area (Å²) in [6.45, 7) is 3.03. The maximum atomic E-state index is 11.9. The second-order valence-electron chi connectivity index (χ2n) is 4.59. The van der Waals surface area contributed by atoms with Gasteiger partial charge in [0.05, 0.1) is 5.56 Å². The van der Waals surface area contributed by atoms with Crippen molar-refractivity contribution in [2.75, 3.05) is 5.32 Å². The molecule has 20 heavy (non-hydrogen) atoms. The average Bonchev–Trinajstić information content (AvgIpc) is 2.88. The molecule has 2 aromatic heterocycles. The smallest absolute Gasteiger partial charge is 0.331 e. The molecule has 0 unspecified atom stereocenters. The summed E-state index contributed by atoms with van der Waals surface area (Å²) in [5.41, 5.74) is -0.904. The molecule has 0 saturated heterocycles. The normalized spacial score (nSPS) is 11.1. The molecule has 1 amide bonds. The summed E-state index contributed by atoms with van der Waals surface area (Å²) in [4.78, 5) is 30.4. The molecule has 2 aromatic rings. The summed E-state index contributed by atoms with van der Waals surface area (Å²) in [6, 6.07) is 1.52. The van der Waals surface area contributed by atoms with E-state index >= 15 is 0 Å². The number of carbonyl (C=O) groups is 2. The Kier molecular flexibility index (Phi) is 3.47. The second-order valence-corrected chi connectivity index (χ2v) is 4.59. The van der Waals surface area contributed by atoms with Crippen molar-refractivity contribution < 1.29 is 14.7 Å². The Morgan fingerprint density at radius 3 is 2.55 bits per heavy atom. The van der Waals surface area contributed by atoms with Crippen molar-refractivity contribution in [1.29, 1.82) is 0 Å². The van der Waals surface area contributed by atoms with Crippen LogP contribution in [0.25, 0.3) is 0 Å². The lowest BCUT2D eigenvalue weighted by Crippen LogP contribution is -2.36. The van der Waals surface area contributed by atoms with Gasteiger partial charge in [-0.3, -0.25) is 9.48 Å². The second kappa shape index (κ2) is 5.08. The molecule has 2 heterocycles. The number of carboxylic acid groups (broad SMARTS) is 1. The molecule has 0 saturated carbocycles. The Morgan fingerprint density at radius 2 is 1.95 bits per heavy atom. The molecule has 0 bridgehead atoms. The van der Waals surface area contributed by atoms with Gasteiger partial charge < -0.3 is 10.4 Å². The van der Waals surface area contributed by atoms with Gasteiger partial charge in [-0.15, -0.1) is 0 Å². The molecule has 104 valence electrons. The molecular weight excluding hydrogens is 262 g/mol. The summed E-state index contributed by atoms with van der Waals surface area (Å²) in [7, 11) is 0. The van der Waals surface area contributed by atoms with E-state index in [1.54, 1.807) is 0 Å². The summed E-state index contributed by atoms with van der Waals surface area (Å²) in [5, 5.41) is 15.7. The predicted octanol–water partition coefficient (Wildman–Crippen LogP) is 0.745. The van der Waals surface area contributed by atoms with Crippen molar-refractivity contribution >= 4 is 17.7 Å². The van der Waals surface area contributed by atoms with E-state index in [-0.39, 0.29) is 5.82 Å². The van der Waals surface area contributed by atoms with Crippen LogP contribution in [0.4, 0.5) is 5.82 Å². The van der Waals surface area contributed by atoms with E-state index in [0.29, 0.717) is 5.56 Å². The van der Waals surface area contributed by atoms with Gasteiger partial charge >= 0.3 is 5.97 Å². The molecule has 8 heteroatoms. The van der Waals surface area contributed by atoms with Crippen molar-refractivity contribution in [2.45, 2.75) is 19.4 Å². The zero-order valence-corrected chi connectivity index (χ0v) is 10.9. The Labute approximate surface area is 114 Å². The Balaban J connectivity index is 2.15. The van der Waals surface area contributed by atoms with Gasteiger partial charge in [-0.1, -0.05) is 0 Å². The third kappa shape index (κ3) is 2.63. The molecule has 0 aliphatic rings. The van der Waals surface area contributed by atoms with Crippen LogP contribution in [0.3, 0.4) is 0 Å². The van der Waals surface area contributed by atoms with Gasteiger partial charge in [0.15, 0.2) is 11.4 Å². The van der Waals surface area contributed by atoms with E-state index in [1.165, 1.54) is 49.5 Å². The van der Waals surface area contributed by atoms with E-state index in [4.69, 9.17) is 5.11 Å². The average molecular weight is 275 g/mol. The van der Waals surface area contributed by atoms with E-state index in [0.717, 1.165) is 0 Å². The number of carbonyl (C=O) groups excluding carboxylic acids is 1. The molecule has 0 fully saturated rings. The lowest BCUT2D eigenvalue weighted by Gasteiger charge is -2.19. The van der Waals surface area contributed by atoms with Crippen LogP contribution in [0.15, 0.2) is 31.0 Å². The van der Waals surface area contributed by atoms with Crippen LogP contribution in [-0.2, 0) is 10.3 Å². The topological polar surface area (TPSA) is 110 Å². The Hall–Kier alpha value is -2.77. The first-order chi connectivity index (χ1) is 9.41. The Bertz CT molecular complexity index is 636. The minimum atomic E-state index is -1.20. The molecule has 0 radical (unpaired) electrons. The molecular formula is C12H13N5O3. The number of anilines is 1. The van der Waals surface area contributed by atoms with Crippen molar-refractivity contribution in [2.24, 2.45) is 0 Å². The predicted molar refractivity (Wildman–Crippen MR) is 69.2 cm³/mol.